The number of nitrogens with zero attached hydrogens (tertiary/aromatic N) is 4. The summed E-state index contributed by atoms with van der Waals surface area (Å²) in [5.74, 6) is -2.12. The van der Waals surface area contributed by atoms with Crippen LogP contribution in [0.15, 0.2) is 66.8 Å². The number of carbonyl (C=O) groups excluding carboxylic acids is 2. The number of nitrogens with one attached hydrogen (secondary N) is 3. The van der Waals surface area contributed by atoms with Crippen LogP contribution < -0.4 is 21.7 Å². The first kappa shape index (κ1) is 37.5. The van der Waals surface area contributed by atoms with Crippen LogP contribution in [-0.4, -0.2) is 71.6 Å². The SMILES string of the molecule is CC[C@H](C)[C@H](N)C(=O)N[C@H](C(=O)NCc1nc(-c2nc(-c3nc(C(=S)N[C@@H](CO)c4nc(C(=O)O)c(-c5ccccc5)o4)co3)co2)co1)C(C)C. The first-order valence-electron chi connectivity index (χ1n) is 16.3. The quantitative estimate of drug-likeness (QED) is 0.0793. The van der Waals surface area contributed by atoms with Crippen LogP contribution in [-0.2, 0) is 16.1 Å². The number of thiocarbonyl (C=S) groups is 1. The molecule has 0 aliphatic heterocycles. The Morgan fingerprint density at radius 1 is 0.904 bits per heavy atom. The highest BCUT2D eigenvalue weighted by Crippen LogP contribution is 2.28. The molecule has 0 unspecified atom stereocenters. The Labute approximate surface area is 302 Å². The highest BCUT2D eigenvalue weighted by Gasteiger charge is 2.29. The molecule has 17 nitrogen and oxygen atoms in total. The van der Waals surface area contributed by atoms with Crippen LogP contribution in [0, 0.1) is 11.8 Å². The van der Waals surface area contributed by atoms with Gasteiger partial charge in [-0.25, -0.2) is 24.7 Å². The lowest BCUT2D eigenvalue weighted by Crippen LogP contribution is -2.55. The van der Waals surface area contributed by atoms with E-state index in [1.807, 2.05) is 27.7 Å². The number of carboxylic acid groups (broad SMARTS) is 1. The van der Waals surface area contributed by atoms with E-state index in [0.717, 1.165) is 6.42 Å². The van der Waals surface area contributed by atoms with Gasteiger partial charge in [-0.05, 0) is 11.8 Å². The van der Waals surface area contributed by atoms with Crippen molar-refractivity contribution in [1.29, 1.82) is 0 Å². The van der Waals surface area contributed by atoms with Crippen molar-refractivity contribution in [2.45, 2.75) is 58.8 Å². The number of carbonyl (C=O) groups is 3. The van der Waals surface area contributed by atoms with E-state index in [0.29, 0.717) is 5.56 Å². The Kier molecular flexibility index (Phi) is 11.9. The molecule has 1 aromatic carbocycles. The molecule has 274 valence electrons. The first-order valence-corrected chi connectivity index (χ1v) is 16.7. The lowest BCUT2D eigenvalue weighted by atomic mass is 9.97. The molecule has 0 aliphatic rings. The number of amides is 2. The lowest BCUT2D eigenvalue weighted by Gasteiger charge is -2.25. The molecule has 5 rings (SSSR count). The Morgan fingerprint density at radius 3 is 2.25 bits per heavy atom. The van der Waals surface area contributed by atoms with Crippen molar-refractivity contribution in [2.24, 2.45) is 17.6 Å². The summed E-state index contributed by atoms with van der Waals surface area (Å²) < 4.78 is 22.4. The summed E-state index contributed by atoms with van der Waals surface area (Å²) in [6.07, 6.45) is 4.59. The Bertz CT molecular complexity index is 2020. The molecule has 0 saturated heterocycles. The average Bonchev–Trinajstić information content (AvgIpc) is 3.97. The molecule has 0 saturated carbocycles. The molecule has 0 spiro atoms. The van der Waals surface area contributed by atoms with Gasteiger partial charge in [0.1, 0.15) is 41.6 Å². The minimum Gasteiger partial charge on any atom is -0.476 e. The highest BCUT2D eigenvalue weighted by molar-refractivity contribution is 7.80. The summed E-state index contributed by atoms with van der Waals surface area (Å²) in [4.78, 5) is 54.6. The van der Waals surface area contributed by atoms with E-state index in [9.17, 15) is 24.6 Å². The number of carboxylic acids is 1. The number of aliphatic hydroxyl groups is 1. The molecule has 4 aromatic heterocycles. The van der Waals surface area contributed by atoms with Gasteiger partial charge >= 0.3 is 5.97 Å². The maximum absolute atomic E-state index is 12.9. The van der Waals surface area contributed by atoms with Gasteiger partial charge in [-0.15, -0.1) is 0 Å². The fourth-order valence-electron chi connectivity index (χ4n) is 4.88. The summed E-state index contributed by atoms with van der Waals surface area (Å²) in [5.41, 5.74) is 6.84. The summed E-state index contributed by atoms with van der Waals surface area (Å²) in [5, 5.41) is 28.1. The van der Waals surface area contributed by atoms with Gasteiger partial charge in [0.05, 0.1) is 19.2 Å². The van der Waals surface area contributed by atoms with Gasteiger partial charge in [-0.3, -0.25) is 9.59 Å². The normalized spacial score (nSPS) is 13.7. The summed E-state index contributed by atoms with van der Waals surface area (Å²) in [7, 11) is 0. The van der Waals surface area contributed by atoms with Gasteiger partial charge in [0.2, 0.25) is 35.4 Å². The number of aromatic carboxylic acids is 1. The van der Waals surface area contributed by atoms with E-state index < -0.39 is 42.5 Å². The fraction of sp³-hybridized carbons (Fsp3) is 0.353. The monoisotopic (exact) mass is 734 g/mol. The molecule has 0 radical (unpaired) electrons. The number of oxazole rings is 4. The molecule has 2 amide bonds. The predicted octanol–water partition coefficient (Wildman–Crippen LogP) is 3.47. The van der Waals surface area contributed by atoms with E-state index in [1.54, 1.807) is 30.3 Å². The van der Waals surface area contributed by atoms with Gasteiger partial charge < -0.3 is 49.6 Å². The van der Waals surface area contributed by atoms with Crippen molar-refractivity contribution in [3.05, 3.63) is 72.3 Å². The molecular weight excluding hydrogens is 696 g/mol. The third-order valence-corrected chi connectivity index (χ3v) is 8.45. The first-order chi connectivity index (χ1) is 24.9. The summed E-state index contributed by atoms with van der Waals surface area (Å²) >= 11 is 5.46. The standard InChI is InChI=1S/C34H38N8O9S/c1-5-17(4)24(35)28(44)41-25(16(2)3)29(45)36-11-23-37-20(13-48-23)30-38-21(14-49-30)31-39-22(15-50-31)33(52)40-19(12-43)32-42-26(34(46)47)27(51-32)18-9-7-6-8-10-18/h6-10,13-17,19,24-25,43H,5,11-12,35H2,1-4H3,(H,36,45)(H,40,52)(H,41,44)(H,46,47)/t17-,19-,24-,25-/m0/s1. The van der Waals surface area contributed by atoms with Crippen LogP contribution in [0.4, 0.5) is 0 Å². The largest absolute Gasteiger partial charge is 0.476 e. The van der Waals surface area contributed by atoms with Crippen LogP contribution in [0.25, 0.3) is 34.5 Å². The summed E-state index contributed by atoms with van der Waals surface area (Å²) in [6, 6.07) is 6.04. The van der Waals surface area contributed by atoms with Crippen LogP contribution in [0.1, 0.15) is 68.1 Å². The number of nitrogens with two attached hydrogens (primary N) is 1. The third kappa shape index (κ3) is 8.59. The zero-order valence-corrected chi connectivity index (χ0v) is 29.5. The molecule has 4 atom stereocenters. The topological polar surface area (TPSA) is 258 Å². The van der Waals surface area contributed by atoms with Crippen LogP contribution in [0.5, 0.6) is 0 Å². The number of benzene rings is 1. The number of aliphatic hydroxyl groups excluding tert-OH is 1. The number of hydrogen-bond acceptors (Lipinski definition) is 14. The molecule has 52 heavy (non-hydrogen) atoms. The van der Waals surface area contributed by atoms with Crippen molar-refractivity contribution in [2.75, 3.05) is 6.61 Å². The van der Waals surface area contributed by atoms with E-state index in [2.05, 4.69) is 35.9 Å². The van der Waals surface area contributed by atoms with Crippen molar-refractivity contribution in [3.63, 3.8) is 0 Å². The number of rotatable bonds is 16. The minimum atomic E-state index is -1.30. The fourth-order valence-corrected chi connectivity index (χ4v) is 5.11. The molecule has 0 aliphatic carbocycles. The Hall–Kier alpha value is -5.72. The second kappa shape index (κ2) is 16.5. The molecule has 0 bridgehead atoms. The van der Waals surface area contributed by atoms with Gasteiger partial charge in [0.25, 0.3) is 0 Å². The smallest absolute Gasteiger partial charge is 0.358 e. The van der Waals surface area contributed by atoms with E-state index in [4.69, 9.17) is 35.6 Å². The van der Waals surface area contributed by atoms with E-state index >= 15 is 0 Å². The van der Waals surface area contributed by atoms with Gasteiger partial charge in [-0.1, -0.05) is 76.7 Å². The molecule has 18 heteroatoms. The molecule has 7 N–H and O–H groups in total. The molecule has 4 heterocycles. The molecular formula is C34H38N8O9S. The second-order valence-corrected chi connectivity index (χ2v) is 12.6. The highest BCUT2D eigenvalue weighted by atomic mass is 32.1. The maximum Gasteiger partial charge on any atom is 0.358 e. The van der Waals surface area contributed by atoms with Gasteiger partial charge in [0.15, 0.2) is 22.8 Å². The van der Waals surface area contributed by atoms with E-state index in [1.165, 1.54) is 18.8 Å². The van der Waals surface area contributed by atoms with Crippen molar-refractivity contribution < 1.29 is 42.3 Å². The van der Waals surface area contributed by atoms with Crippen LogP contribution in [0.2, 0.25) is 0 Å². The zero-order valence-electron chi connectivity index (χ0n) is 28.7. The Balaban J connectivity index is 1.20. The Morgan fingerprint density at radius 2 is 1.58 bits per heavy atom. The number of hydrogen-bond donors (Lipinski definition) is 6. The van der Waals surface area contributed by atoms with Crippen molar-refractivity contribution in [3.8, 4) is 34.5 Å². The average molecular weight is 735 g/mol. The van der Waals surface area contributed by atoms with Gasteiger partial charge in [0, 0.05) is 5.56 Å². The van der Waals surface area contributed by atoms with E-state index in [-0.39, 0.29) is 75.5 Å². The second-order valence-electron chi connectivity index (χ2n) is 12.2. The maximum atomic E-state index is 12.9. The van der Waals surface area contributed by atoms with Gasteiger partial charge in [-0.2, -0.15) is 0 Å². The van der Waals surface area contributed by atoms with Crippen LogP contribution >= 0.6 is 12.2 Å². The van der Waals surface area contributed by atoms with Crippen molar-refractivity contribution >= 4 is 35.0 Å². The van der Waals surface area contributed by atoms with Crippen molar-refractivity contribution in [1.82, 2.24) is 35.9 Å². The van der Waals surface area contributed by atoms with Crippen LogP contribution in [0.3, 0.4) is 0 Å². The summed E-state index contributed by atoms with van der Waals surface area (Å²) in [6.45, 7) is 6.84. The minimum absolute atomic E-state index is 0.0343. The predicted molar refractivity (Wildman–Crippen MR) is 187 cm³/mol. The third-order valence-electron chi connectivity index (χ3n) is 8.12. The molecule has 0 fully saturated rings. The zero-order chi connectivity index (χ0) is 37.5. The molecule has 5 aromatic rings. The number of aromatic nitrogens is 4. The lowest BCUT2D eigenvalue weighted by molar-refractivity contribution is -0.131.